The first kappa shape index (κ1) is 11.6. The lowest BCUT2D eigenvalue weighted by Crippen LogP contribution is -1.87. The summed E-state index contributed by atoms with van der Waals surface area (Å²) in [6.45, 7) is 0. The van der Waals surface area contributed by atoms with Crippen molar-refractivity contribution >= 4 is 11.3 Å². The highest BCUT2D eigenvalue weighted by Crippen LogP contribution is 2.19. The van der Waals surface area contributed by atoms with Crippen molar-refractivity contribution in [3.63, 3.8) is 0 Å². The van der Waals surface area contributed by atoms with E-state index in [2.05, 4.69) is 16.2 Å². The van der Waals surface area contributed by atoms with E-state index in [-0.39, 0.29) is 0 Å². The minimum Gasteiger partial charge on any atom is -0.334 e. The Balaban J connectivity index is 1.82. The average Bonchev–Trinajstić information content (AvgIpc) is 3.11. The van der Waals surface area contributed by atoms with Gasteiger partial charge in [0, 0.05) is 16.9 Å². The Kier molecular flexibility index (Phi) is 3.09. The predicted molar refractivity (Wildman–Crippen MR) is 71.6 cm³/mol. The number of rotatable bonds is 3. The number of hydrogen-bond acceptors (Lipinski definition) is 5. The fourth-order valence-electron chi connectivity index (χ4n) is 1.70. The zero-order valence-electron chi connectivity index (χ0n) is 9.91. The summed E-state index contributed by atoms with van der Waals surface area (Å²) < 4.78 is 5.23. The van der Waals surface area contributed by atoms with Gasteiger partial charge < -0.3 is 4.52 Å². The molecule has 4 nitrogen and oxygen atoms in total. The maximum atomic E-state index is 8.75. The molecule has 0 amide bonds. The zero-order chi connectivity index (χ0) is 13.1. The molecule has 0 fully saturated rings. The molecule has 92 valence electrons. The fraction of sp³-hybridized carbons (Fsp3) is 0.0714. The third-order valence-electron chi connectivity index (χ3n) is 2.64. The third kappa shape index (κ3) is 2.54. The van der Waals surface area contributed by atoms with Crippen molar-refractivity contribution in [2.24, 2.45) is 0 Å². The van der Waals surface area contributed by atoms with E-state index >= 15 is 0 Å². The van der Waals surface area contributed by atoms with Gasteiger partial charge in [-0.1, -0.05) is 11.2 Å². The van der Waals surface area contributed by atoms with Crippen LogP contribution in [0.3, 0.4) is 0 Å². The van der Waals surface area contributed by atoms with E-state index < -0.39 is 0 Å². The Hall–Kier alpha value is -2.45. The van der Waals surface area contributed by atoms with Crippen LogP contribution in [-0.2, 0) is 6.42 Å². The van der Waals surface area contributed by atoms with Gasteiger partial charge in [-0.3, -0.25) is 0 Å². The normalized spacial score (nSPS) is 10.3. The number of nitriles is 1. The SMILES string of the molecule is N#Cc1ccc(-c2nc(Cc3cccs3)no2)cc1. The van der Waals surface area contributed by atoms with Crippen molar-refractivity contribution < 1.29 is 4.52 Å². The molecule has 2 aromatic heterocycles. The second-order valence-electron chi connectivity index (χ2n) is 3.96. The van der Waals surface area contributed by atoms with Crippen LogP contribution in [0.4, 0.5) is 0 Å². The quantitative estimate of drug-likeness (QED) is 0.730. The van der Waals surface area contributed by atoms with E-state index in [4.69, 9.17) is 9.78 Å². The molecule has 2 heterocycles. The number of nitrogens with zero attached hydrogens (tertiary/aromatic N) is 3. The summed E-state index contributed by atoms with van der Waals surface area (Å²) >= 11 is 1.67. The summed E-state index contributed by atoms with van der Waals surface area (Å²) in [5, 5.41) is 14.7. The molecule has 0 saturated heterocycles. The summed E-state index contributed by atoms with van der Waals surface area (Å²) in [5.74, 6) is 1.15. The van der Waals surface area contributed by atoms with E-state index in [0.717, 1.165) is 5.56 Å². The van der Waals surface area contributed by atoms with Gasteiger partial charge in [-0.05, 0) is 35.7 Å². The van der Waals surface area contributed by atoms with Crippen LogP contribution >= 0.6 is 11.3 Å². The van der Waals surface area contributed by atoms with Crippen LogP contribution in [0.5, 0.6) is 0 Å². The number of aromatic nitrogens is 2. The highest BCUT2D eigenvalue weighted by molar-refractivity contribution is 7.09. The zero-order valence-corrected chi connectivity index (χ0v) is 10.7. The van der Waals surface area contributed by atoms with E-state index in [1.165, 1.54) is 4.88 Å². The molecule has 0 bridgehead atoms. The van der Waals surface area contributed by atoms with Crippen molar-refractivity contribution in [3.8, 4) is 17.5 Å². The highest BCUT2D eigenvalue weighted by Gasteiger charge is 2.09. The first-order chi connectivity index (χ1) is 9.35. The van der Waals surface area contributed by atoms with Crippen LogP contribution in [0.15, 0.2) is 46.3 Å². The van der Waals surface area contributed by atoms with Crippen LogP contribution in [-0.4, -0.2) is 10.1 Å². The van der Waals surface area contributed by atoms with Crippen LogP contribution in [0.2, 0.25) is 0 Å². The molecule has 0 N–H and O–H groups in total. The monoisotopic (exact) mass is 267 g/mol. The van der Waals surface area contributed by atoms with Crippen molar-refractivity contribution in [2.75, 3.05) is 0 Å². The largest absolute Gasteiger partial charge is 0.334 e. The molecule has 0 aliphatic heterocycles. The first-order valence-electron chi connectivity index (χ1n) is 5.70. The minimum absolute atomic E-state index is 0.482. The molecule has 0 spiro atoms. The lowest BCUT2D eigenvalue weighted by molar-refractivity contribution is 0.424. The Labute approximate surface area is 113 Å². The second kappa shape index (κ2) is 5.04. The highest BCUT2D eigenvalue weighted by atomic mass is 32.1. The summed E-state index contributed by atoms with van der Waals surface area (Å²) in [6, 6.07) is 13.2. The van der Waals surface area contributed by atoms with E-state index in [9.17, 15) is 0 Å². The molecule has 0 unspecified atom stereocenters. The van der Waals surface area contributed by atoms with Gasteiger partial charge in [-0.2, -0.15) is 10.2 Å². The molecule has 1 aromatic carbocycles. The van der Waals surface area contributed by atoms with E-state index in [0.29, 0.717) is 23.7 Å². The number of benzene rings is 1. The number of thiophene rings is 1. The van der Waals surface area contributed by atoms with Crippen LogP contribution in [0.25, 0.3) is 11.5 Å². The second-order valence-corrected chi connectivity index (χ2v) is 4.99. The Morgan fingerprint density at radius 3 is 2.74 bits per heavy atom. The first-order valence-corrected chi connectivity index (χ1v) is 6.58. The van der Waals surface area contributed by atoms with Crippen LogP contribution in [0, 0.1) is 11.3 Å². The molecule has 0 saturated carbocycles. The van der Waals surface area contributed by atoms with Gasteiger partial charge in [0.2, 0.25) is 0 Å². The topological polar surface area (TPSA) is 62.7 Å². The molecule has 0 aliphatic carbocycles. The van der Waals surface area contributed by atoms with Gasteiger partial charge in [0.25, 0.3) is 5.89 Å². The molecule has 0 atom stereocenters. The Morgan fingerprint density at radius 1 is 1.21 bits per heavy atom. The maximum Gasteiger partial charge on any atom is 0.257 e. The minimum atomic E-state index is 0.482. The predicted octanol–water partition coefficient (Wildman–Crippen LogP) is 3.26. The molecule has 19 heavy (non-hydrogen) atoms. The van der Waals surface area contributed by atoms with Gasteiger partial charge in [-0.15, -0.1) is 11.3 Å². The van der Waals surface area contributed by atoms with Crippen LogP contribution in [0.1, 0.15) is 16.3 Å². The van der Waals surface area contributed by atoms with E-state index in [1.807, 2.05) is 17.5 Å². The van der Waals surface area contributed by atoms with Crippen LogP contribution < -0.4 is 0 Å². The fourth-order valence-corrected chi connectivity index (χ4v) is 2.40. The van der Waals surface area contributed by atoms with Gasteiger partial charge in [0.15, 0.2) is 5.82 Å². The molecule has 0 aliphatic rings. The molecule has 5 heteroatoms. The number of hydrogen-bond donors (Lipinski definition) is 0. The van der Waals surface area contributed by atoms with Gasteiger partial charge in [0.05, 0.1) is 11.6 Å². The van der Waals surface area contributed by atoms with Gasteiger partial charge in [0.1, 0.15) is 0 Å². The van der Waals surface area contributed by atoms with Crippen molar-refractivity contribution in [2.45, 2.75) is 6.42 Å². The standard InChI is InChI=1S/C14H9N3OS/c15-9-10-3-5-11(6-4-10)14-16-13(17-18-14)8-12-2-1-7-19-12/h1-7H,8H2. The Morgan fingerprint density at radius 2 is 2.05 bits per heavy atom. The lowest BCUT2D eigenvalue weighted by Gasteiger charge is -1.93. The lowest BCUT2D eigenvalue weighted by atomic mass is 10.1. The average molecular weight is 267 g/mol. The summed E-state index contributed by atoms with van der Waals surface area (Å²) in [7, 11) is 0. The molecule has 3 rings (SSSR count). The summed E-state index contributed by atoms with van der Waals surface area (Å²) in [6.07, 6.45) is 0.678. The molecule has 3 aromatic rings. The van der Waals surface area contributed by atoms with Crippen molar-refractivity contribution in [1.29, 1.82) is 5.26 Å². The van der Waals surface area contributed by atoms with Gasteiger partial charge >= 0.3 is 0 Å². The molecular weight excluding hydrogens is 258 g/mol. The maximum absolute atomic E-state index is 8.75. The van der Waals surface area contributed by atoms with E-state index in [1.54, 1.807) is 35.6 Å². The summed E-state index contributed by atoms with van der Waals surface area (Å²) in [4.78, 5) is 5.56. The smallest absolute Gasteiger partial charge is 0.257 e. The van der Waals surface area contributed by atoms with Crippen molar-refractivity contribution in [1.82, 2.24) is 10.1 Å². The molecular formula is C14H9N3OS. The van der Waals surface area contributed by atoms with Gasteiger partial charge in [-0.25, -0.2) is 0 Å². The Bertz CT molecular complexity index is 708. The molecule has 0 radical (unpaired) electrons. The van der Waals surface area contributed by atoms with Crippen molar-refractivity contribution in [3.05, 3.63) is 58.0 Å². The third-order valence-corrected chi connectivity index (χ3v) is 3.52. The summed E-state index contributed by atoms with van der Waals surface area (Å²) in [5.41, 5.74) is 1.44.